The fraction of sp³-hybridized carbons (Fsp3) is 0.176. The number of rotatable bonds is 6. The Hall–Kier alpha value is -2.65. The van der Waals surface area contributed by atoms with Gasteiger partial charge in [-0.1, -0.05) is 17.8 Å². The van der Waals surface area contributed by atoms with Crippen LogP contribution in [0.2, 0.25) is 0 Å². The number of hydrogen-bond acceptors (Lipinski definition) is 8. The molecule has 3 heterocycles. The van der Waals surface area contributed by atoms with Crippen molar-refractivity contribution in [2.75, 3.05) is 7.11 Å². The van der Waals surface area contributed by atoms with Crippen LogP contribution in [0.1, 0.15) is 18.1 Å². The van der Waals surface area contributed by atoms with Crippen LogP contribution in [0, 0.1) is 0 Å². The van der Waals surface area contributed by atoms with Crippen LogP contribution in [-0.2, 0) is 0 Å². The number of nitrogens with one attached hydrogen (secondary N) is 1. The van der Waals surface area contributed by atoms with Crippen molar-refractivity contribution < 1.29 is 9.15 Å². The number of ether oxygens (including phenoxy) is 1. The molecular weight excluding hydrogens is 370 g/mol. The maximum Gasteiger partial charge on any atom is 0.257 e. The fourth-order valence-electron chi connectivity index (χ4n) is 2.28. The van der Waals surface area contributed by atoms with Crippen LogP contribution >= 0.6 is 23.1 Å². The molecule has 4 aromatic rings. The monoisotopic (exact) mass is 385 g/mol. The summed E-state index contributed by atoms with van der Waals surface area (Å²) < 4.78 is 10.9. The molecule has 1 N–H and O–H groups in total. The van der Waals surface area contributed by atoms with Gasteiger partial charge >= 0.3 is 0 Å². The SMILES string of the molecule is COc1ccc(-c2nc(S[C@@H](C)c3nnc(-c4cccs4)o3)n[nH]2)cc1. The van der Waals surface area contributed by atoms with E-state index in [0.29, 0.717) is 22.8 Å². The first-order valence-electron chi connectivity index (χ1n) is 7.83. The molecule has 7 nitrogen and oxygen atoms in total. The summed E-state index contributed by atoms with van der Waals surface area (Å²) in [6.45, 7) is 1.99. The smallest absolute Gasteiger partial charge is 0.257 e. The predicted octanol–water partition coefficient (Wildman–Crippen LogP) is 4.45. The van der Waals surface area contributed by atoms with Crippen LogP contribution in [0.4, 0.5) is 0 Å². The zero-order valence-electron chi connectivity index (χ0n) is 14.0. The number of thioether (sulfide) groups is 1. The molecule has 0 aliphatic heterocycles. The molecule has 0 bridgehead atoms. The molecule has 0 saturated heterocycles. The molecule has 0 aliphatic carbocycles. The van der Waals surface area contributed by atoms with E-state index >= 15 is 0 Å². The number of hydrogen-bond donors (Lipinski definition) is 1. The van der Waals surface area contributed by atoms with Gasteiger partial charge in [-0.3, -0.25) is 5.10 Å². The van der Waals surface area contributed by atoms with E-state index in [-0.39, 0.29) is 5.25 Å². The van der Waals surface area contributed by atoms with E-state index < -0.39 is 0 Å². The molecule has 132 valence electrons. The summed E-state index contributed by atoms with van der Waals surface area (Å²) in [7, 11) is 1.64. The largest absolute Gasteiger partial charge is 0.497 e. The highest BCUT2D eigenvalue weighted by molar-refractivity contribution is 7.99. The zero-order chi connectivity index (χ0) is 17.9. The lowest BCUT2D eigenvalue weighted by Crippen LogP contribution is -1.89. The second-order valence-electron chi connectivity index (χ2n) is 5.38. The van der Waals surface area contributed by atoms with E-state index in [2.05, 4.69) is 25.4 Å². The minimum Gasteiger partial charge on any atom is -0.497 e. The lowest BCUT2D eigenvalue weighted by atomic mass is 10.2. The lowest BCUT2D eigenvalue weighted by Gasteiger charge is -2.02. The third-order valence-electron chi connectivity index (χ3n) is 3.63. The highest BCUT2D eigenvalue weighted by Crippen LogP contribution is 2.34. The third-order valence-corrected chi connectivity index (χ3v) is 5.44. The van der Waals surface area contributed by atoms with Gasteiger partial charge in [-0.25, -0.2) is 4.98 Å². The molecule has 26 heavy (non-hydrogen) atoms. The zero-order valence-corrected chi connectivity index (χ0v) is 15.7. The number of nitrogens with zero attached hydrogens (tertiary/aromatic N) is 4. The Balaban J connectivity index is 1.46. The maximum atomic E-state index is 5.77. The van der Waals surface area contributed by atoms with Crippen molar-refractivity contribution in [1.82, 2.24) is 25.4 Å². The first kappa shape index (κ1) is 16.8. The van der Waals surface area contributed by atoms with Crippen LogP contribution in [0.3, 0.4) is 0 Å². The van der Waals surface area contributed by atoms with Gasteiger partial charge in [-0.2, -0.15) is 0 Å². The molecule has 0 fully saturated rings. The first-order valence-corrected chi connectivity index (χ1v) is 9.59. The van der Waals surface area contributed by atoms with Gasteiger partial charge in [0.1, 0.15) is 5.75 Å². The molecule has 0 amide bonds. The van der Waals surface area contributed by atoms with Crippen molar-refractivity contribution in [3.63, 3.8) is 0 Å². The summed E-state index contributed by atoms with van der Waals surface area (Å²) in [5, 5.41) is 18.0. The van der Waals surface area contributed by atoms with Gasteiger partial charge in [0.05, 0.1) is 17.2 Å². The normalized spacial score (nSPS) is 12.2. The van der Waals surface area contributed by atoms with Gasteiger partial charge in [0.25, 0.3) is 5.89 Å². The van der Waals surface area contributed by atoms with Gasteiger partial charge in [0.2, 0.25) is 11.0 Å². The number of aromatic amines is 1. The van der Waals surface area contributed by atoms with Crippen molar-refractivity contribution in [3.8, 4) is 27.9 Å². The summed E-state index contributed by atoms with van der Waals surface area (Å²) in [6.07, 6.45) is 0. The standard InChI is InChI=1S/C17H15N5O2S2/c1-10(15-20-21-16(24-15)13-4-3-9-25-13)26-17-18-14(19-22-17)11-5-7-12(23-2)8-6-11/h3-10H,1-2H3,(H,18,19,22)/t10-/m0/s1. The second kappa shape index (κ2) is 7.30. The summed E-state index contributed by atoms with van der Waals surface area (Å²) in [5.41, 5.74) is 0.940. The first-order chi connectivity index (χ1) is 12.7. The topological polar surface area (TPSA) is 89.7 Å². The van der Waals surface area contributed by atoms with Crippen LogP contribution in [0.15, 0.2) is 51.4 Å². The minimum absolute atomic E-state index is 0.0595. The third kappa shape index (κ3) is 3.49. The van der Waals surface area contributed by atoms with Crippen LogP contribution < -0.4 is 4.74 Å². The molecule has 0 radical (unpaired) electrons. The highest BCUT2D eigenvalue weighted by Gasteiger charge is 2.19. The van der Waals surface area contributed by atoms with E-state index in [9.17, 15) is 0 Å². The average molecular weight is 385 g/mol. The Morgan fingerprint density at radius 1 is 1.19 bits per heavy atom. The number of H-pyrrole nitrogens is 1. The van der Waals surface area contributed by atoms with E-state index in [0.717, 1.165) is 16.2 Å². The molecule has 1 aromatic carbocycles. The number of methoxy groups -OCH3 is 1. The molecule has 1 atom stereocenters. The summed E-state index contributed by atoms with van der Waals surface area (Å²) in [5.74, 6) is 2.59. The van der Waals surface area contributed by atoms with Crippen LogP contribution in [0.5, 0.6) is 5.75 Å². The Kier molecular flexibility index (Phi) is 4.72. The molecular formula is C17H15N5O2S2. The van der Waals surface area contributed by atoms with Crippen molar-refractivity contribution in [3.05, 3.63) is 47.7 Å². The molecule has 3 aromatic heterocycles. The maximum absolute atomic E-state index is 5.77. The number of aromatic nitrogens is 5. The molecule has 0 spiro atoms. The van der Waals surface area contributed by atoms with Gasteiger partial charge in [0.15, 0.2) is 5.82 Å². The molecule has 4 rings (SSSR count). The van der Waals surface area contributed by atoms with Crippen molar-refractivity contribution in [2.24, 2.45) is 0 Å². The summed E-state index contributed by atoms with van der Waals surface area (Å²) in [6, 6.07) is 11.5. The average Bonchev–Trinajstić information content (AvgIpc) is 3.41. The Labute approximate surface area is 157 Å². The minimum atomic E-state index is -0.0595. The highest BCUT2D eigenvalue weighted by atomic mass is 32.2. The fourth-order valence-corrected chi connectivity index (χ4v) is 3.68. The quantitative estimate of drug-likeness (QED) is 0.491. The van der Waals surface area contributed by atoms with Crippen molar-refractivity contribution in [2.45, 2.75) is 17.3 Å². The predicted molar refractivity (Wildman–Crippen MR) is 100 cm³/mol. The van der Waals surface area contributed by atoms with E-state index in [1.54, 1.807) is 18.4 Å². The van der Waals surface area contributed by atoms with Crippen LogP contribution in [0.25, 0.3) is 22.2 Å². The van der Waals surface area contributed by atoms with Gasteiger partial charge in [0, 0.05) is 5.56 Å². The summed E-state index contributed by atoms with van der Waals surface area (Å²) in [4.78, 5) is 5.48. The summed E-state index contributed by atoms with van der Waals surface area (Å²) >= 11 is 3.03. The lowest BCUT2D eigenvalue weighted by molar-refractivity contribution is 0.415. The van der Waals surface area contributed by atoms with Crippen LogP contribution in [-0.4, -0.2) is 32.5 Å². The van der Waals surface area contributed by atoms with Gasteiger partial charge in [-0.05, 0) is 42.6 Å². The molecule has 0 aliphatic rings. The van der Waals surface area contributed by atoms with E-state index in [1.807, 2.05) is 48.7 Å². The number of benzene rings is 1. The Bertz CT molecular complexity index is 979. The Morgan fingerprint density at radius 3 is 2.77 bits per heavy atom. The molecule has 9 heteroatoms. The number of thiophene rings is 1. The molecule has 0 unspecified atom stereocenters. The molecule has 0 saturated carbocycles. The van der Waals surface area contributed by atoms with E-state index in [1.165, 1.54) is 11.8 Å². The van der Waals surface area contributed by atoms with Gasteiger partial charge < -0.3 is 9.15 Å². The van der Waals surface area contributed by atoms with E-state index in [4.69, 9.17) is 9.15 Å². The van der Waals surface area contributed by atoms with Crippen molar-refractivity contribution >= 4 is 23.1 Å². The second-order valence-corrected chi connectivity index (χ2v) is 7.63. The van der Waals surface area contributed by atoms with Gasteiger partial charge in [-0.15, -0.1) is 26.6 Å². The van der Waals surface area contributed by atoms with Crippen molar-refractivity contribution in [1.29, 1.82) is 0 Å². The Morgan fingerprint density at radius 2 is 2.04 bits per heavy atom.